The first kappa shape index (κ1) is 14.9. The lowest BCUT2D eigenvalue weighted by molar-refractivity contribution is 0.224. The van der Waals surface area contributed by atoms with Crippen LogP contribution in [0, 0.1) is 11.2 Å². The molecule has 1 aliphatic rings. The van der Waals surface area contributed by atoms with Crippen LogP contribution in [0.4, 0.5) is 0 Å². The number of ether oxygens (including phenoxy) is 1. The molecule has 108 valence electrons. The molecule has 0 amide bonds. The number of benzene rings is 1. The lowest BCUT2D eigenvalue weighted by Gasteiger charge is -2.29. The number of nitrogens with zero attached hydrogens (tertiary/aromatic N) is 2. The predicted molar refractivity (Wildman–Crippen MR) is 77.9 cm³/mol. The van der Waals surface area contributed by atoms with Crippen molar-refractivity contribution in [3.05, 3.63) is 29.8 Å². The smallest absolute Gasteiger partial charge is 0.283 e. The van der Waals surface area contributed by atoms with Crippen molar-refractivity contribution in [3.8, 4) is 16.9 Å². The second-order valence-corrected chi connectivity index (χ2v) is 6.33. The van der Waals surface area contributed by atoms with E-state index in [4.69, 9.17) is 4.74 Å². The molecule has 0 N–H and O–H groups in total. The van der Waals surface area contributed by atoms with E-state index in [0.717, 1.165) is 18.8 Å². The molecule has 2 rings (SSSR count). The van der Waals surface area contributed by atoms with Crippen molar-refractivity contribution >= 4 is 10.0 Å². The third kappa shape index (κ3) is 3.73. The van der Waals surface area contributed by atoms with Crippen molar-refractivity contribution in [1.82, 2.24) is 9.21 Å². The first-order valence-electron chi connectivity index (χ1n) is 6.37. The monoisotopic (exact) mass is 294 g/mol. The Bertz CT molecular complexity index is 606. The summed E-state index contributed by atoms with van der Waals surface area (Å²) in [6.45, 7) is 2.47. The highest BCUT2D eigenvalue weighted by Gasteiger charge is 2.23. The quantitative estimate of drug-likeness (QED) is 0.749. The average Bonchev–Trinajstić information content (AvgIpc) is 2.46. The van der Waals surface area contributed by atoms with Gasteiger partial charge in [-0.3, -0.25) is 0 Å². The van der Waals surface area contributed by atoms with E-state index in [1.807, 2.05) is 7.05 Å². The molecule has 0 atom stereocenters. The summed E-state index contributed by atoms with van der Waals surface area (Å²) < 4.78 is 30.7. The molecular weight excluding hydrogens is 276 g/mol. The fraction of sp³-hybridized carbons (Fsp3) is 0.429. The number of methoxy groups -OCH3 is 1. The lowest BCUT2D eigenvalue weighted by atomic mass is 10.2. The van der Waals surface area contributed by atoms with Crippen molar-refractivity contribution in [2.75, 3.05) is 40.3 Å². The second kappa shape index (κ2) is 6.27. The van der Waals surface area contributed by atoms with Gasteiger partial charge in [0.2, 0.25) is 0 Å². The molecule has 20 heavy (non-hydrogen) atoms. The zero-order valence-electron chi connectivity index (χ0n) is 11.7. The molecular formula is C14H18N2O3S. The summed E-state index contributed by atoms with van der Waals surface area (Å²) in [7, 11) is 0.0547. The minimum Gasteiger partial charge on any atom is -0.497 e. The molecule has 1 heterocycles. The van der Waals surface area contributed by atoms with Gasteiger partial charge < -0.3 is 9.64 Å². The number of hydrogen-bond donors (Lipinski definition) is 0. The summed E-state index contributed by atoms with van der Waals surface area (Å²) in [5.41, 5.74) is 0.656. The molecule has 0 saturated carbocycles. The van der Waals surface area contributed by atoms with Gasteiger partial charge in [0.15, 0.2) is 0 Å². The van der Waals surface area contributed by atoms with Gasteiger partial charge in [0.05, 0.1) is 7.11 Å². The maximum atomic E-state index is 12.1. The first-order valence-corrected chi connectivity index (χ1v) is 7.81. The Morgan fingerprint density at radius 3 is 2.25 bits per heavy atom. The molecule has 0 bridgehead atoms. The van der Waals surface area contributed by atoms with Gasteiger partial charge in [-0.2, -0.15) is 12.7 Å². The third-order valence-electron chi connectivity index (χ3n) is 3.22. The van der Waals surface area contributed by atoms with Gasteiger partial charge in [0, 0.05) is 37.0 Å². The molecule has 0 aliphatic carbocycles. The molecule has 1 saturated heterocycles. The SMILES string of the molecule is COc1ccc(C#CS(=O)(=O)N2CCN(C)CC2)cc1. The molecule has 1 aromatic carbocycles. The number of rotatable bonds is 2. The van der Waals surface area contributed by atoms with E-state index in [1.54, 1.807) is 31.4 Å². The third-order valence-corrected chi connectivity index (χ3v) is 4.62. The standard InChI is InChI=1S/C14H18N2O3S/c1-15-8-10-16(11-9-15)20(17,18)12-7-13-3-5-14(19-2)6-4-13/h3-6H,8-11H2,1-2H3. The van der Waals surface area contributed by atoms with Crippen LogP contribution < -0.4 is 4.74 Å². The second-order valence-electron chi connectivity index (χ2n) is 4.66. The Morgan fingerprint density at radius 2 is 1.70 bits per heavy atom. The molecule has 6 heteroatoms. The maximum Gasteiger partial charge on any atom is 0.283 e. The van der Waals surface area contributed by atoms with Crippen molar-refractivity contribution in [2.24, 2.45) is 0 Å². The number of piperazine rings is 1. The van der Waals surface area contributed by atoms with E-state index in [2.05, 4.69) is 16.1 Å². The van der Waals surface area contributed by atoms with Crippen molar-refractivity contribution in [1.29, 1.82) is 0 Å². The maximum absolute atomic E-state index is 12.1. The van der Waals surface area contributed by atoms with Crippen LogP contribution in [0.5, 0.6) is 5.75 Å². The van der Waals surface area contributed by atoms with Crippen LogP contribution in [0.15, 0.2) is 24.3 Å². The van der Waals surface area contributed by atoms with E-state index in [-0.39, 0.29) is 0 Å². The van der Waals surface area contributed by atoms with Crippen molar-refractivity contribution in [3.63, 3.8) is 0 Å². The number of sulfonamides is 1. The zero-order valence-corrected chi connectivity index (χ0v) is 12.5. The normalized spacial score (nSPS) is 17.3. The predicted octanol–water partition coefficient (Wildman–Crippen LogP) is 0.581. The Kier molecular flexibility index (Phi) is 4.65. The highest BCUT2D eigenvalue weighted by atomic mass is 32.2. The van der Waals surface area contributed by atoms with Gasteiger partial charge in [-0.05, 0) is 37.2 Å². The summed E-state index contributed by atoms with van der Waals surface area (Å²) in [6.07, 6.45) is 0. The van der Waals surface area contributed by atoms with Crippen LogP contribution in [0.3, 0.4) is 0 Å². The van der Waals surface area contributed by atoms with Gasteiger partial charge in [0.1, 0.15) is 5.75 Å². The highest BCUT2D eigenvalue weighted by Crippen LogP contribution is 2.11. The fourth-order valence-electron chi connectivity index (χ4n) is 1.89. The average molecular weight is 294 g/mol. The molecule has 0 unspecified atom stereocenters. The van der Waals surface area contributed by atoms with Gasteiger partial charge in [-0.1, -0.05) is 0 Å². The van der Waals surface area contributed by atoms with E-state index in [0.29, 0.717) is 18.7 Å². The Morgan fingerprint density at radius 1 is 1.10 bits per heavy atom. The zero-order chi connectivity index (χ0) is 14.6. The Hall–Kier alpha value is -1.55. The summed E-state index contributed by atoms with van der Waals surface area (Å²) in [4.78, 5) is 2.10. The molecule has 0 spiro atoms. The first-order chi connectivity index (χ1) is 9.51. The largest absolute Gasteiger partial charge is 0.497 e. The molecule has 5 nitrogen and oxygen atoms in total. The Labute approximate surface area is 120 Å². The summed E-state index contributed by atoms with van der Waals surface area (Å²) in [5.74, 6) is 3.42. The molecule has 0 radical (unpaired) electrons. The van der Waals surface area contributed by atoms with Crippen LogP contribution >= 0.6 is 0 Å². The topological polar surface area (TPSA) is 49.9 Å². The summed E-state index contributed by atoms with van der Waals surface area (Å²) in [5, 5.41) is 2.39. The van der Waals surface area contributed by atoms with Crippen LogP contribution in [0.2, 0.25) is 0 Å². The number of likely N-dealkylation sites (N-methyl/N-ethyl adjacent to an activating group) is 1. The van der Waals surface area contributed by atoms with Crippen LogP contribution in [-0.4, -0.2) is 58.0 Å². The van der Waals surface area contributed by atoms with Gasteiger partial charge >= 0.3 is 0 Å². The van der Waals surface area contributed by atoms with Gasteiger partial charge in [-0.15, -0.1) is 0 Å². The molecule has 1 aliphatic heterocycles. The van der Waals surface area contributed by atoms with Gasteiger partial charge in [-0.25, -0.2) is 0 Å². The molecule has 1 aromatic rings. The summed E-state index contributed by atoms with van der Waals surface area (Å²) in [6, 6.07) is 7.00. The minimum atomic E-state index is -3.51. The van der Waals surface area contributed by atoms with E-state index in [1.165, 1.54) is 4.31 Å². The van der Waals surface area contributed by atoms with Crippen molar-refractivity contribution < 1.29 is 13.2 Å². The van der Waals surface area contributed by atoms with E-state index >= 15 is 0 Å². The van der Waals surface area contributed by atoms with Crippen LogP contribution in [-0.2, 0) is 10.0 Å². The molecule has 1 fully saturated rings. The number of hydrogen-bond acceptors (Lipinski definition) is 4. The van der Waals surface area contributed by atoms with Gasteiger partial charge in [0.25, 0.3) is 10.0 Å². The van der Waals surface area contributed by atoms with Crippen LogP contribution in [0.25, 0.3) is 0 Å². The summed E-state index contributed by atoms with van der Waals surface area (Å²) >= 11 is 0. The minimum absolute atomic E-state index is 0.496. The van der Waals surface area contributed by atoms with Crippen molar-refractivity contribution in [2.45, 2.75) is 0 Å². The van der Waals surface area contributed by atoms with E-state index < -0.39 is 10.0 Å². The highest BCUT2D eigenvalue weighted by molar-refractivity contribution is 7.93. The lowest BCUT2D eigenvalue weighted by Crippen LogP contribution is -2.46. The molecule has 0 aromatic heterocycles. The Balaban J connectivity index is 2.09. The fourth-order valence-corrected chi connectivity index (χ4v) is 2.91. The van der Waals surface area contributed by atoms with E-state index in [9.17, 15) is 8.42 Å². The van der Waals surface area contributed by atoms with Crippen LogP contribution in [0.1, 0.15) is 5.56 Å².